The molecule has 0 atom stereocenters. The molecule has 26 heavy (non-hydrogen) atoms. The average molecular weight is 361 g/mol. The van der Waals surface area contributed by atoms with Crippen LogP contribution >= 0.6 is 0 Å². The Morgan fingerprint density at radius 1 is 1.15 bits per heavy atom. The lowest BCUT2D eigenvalue weighted by Gasteiger charge is -2.21. The number of halogens is 3. The highest BCUT2D eigenvalue weighted by Crippen LogP contribution is 2.24. The first-order valence-corrected chi connectivity index (χ1v) is 7.55. The lowest BCUT2D eigenvalue weighted by Crippen LogP contribution is -2.33. The normalized spacial score (nSPS) is 10.1. The molecule has 8 heteroatoms. The molecule has 0 unspecified atom stereocenters. The second-order valence-electron chi connectivity index (χ2n) is 5.36. The molecule has 134 valence electrons. The second-order valence-corrected chi connectivity index (χ2v) is 5.36. The summed E-state index contributed by atoms with van der Waals surface area (Å²) in [7, 11) is 0. The summed E-state index contributed by atoms with van der Waals surface area (Å²) in [5, 5.41) is 11.4. The molecule has 0 bridgehead atoms. The molecule has 0 aromatic heterocycles. The van der Waals surface area contributed by atoms with Crippen LogP contribution in [0.2, 0.25) is 0 Å². The van der Waals surface area contributed by atoms with E-state index in [1.54, 1.807) is 18.2 Å². The van der Waals surface area contributed by atoms with Crippen molar-refractivity contribution >= 4 is 23.2 Å². The fraction of sp³-hybridized carbons (Fsp3) is 0.167. The molecule has 2 rings (SSSR count). The van der Waals surface area contributed by atoms with Crippen LogP contribution in [0.3, 0.4) is 0 Å². The fourth-order valence-corrected chi connectivity index (χ4v) is 2.28. The zero-order valence-electron chi connectivity index (χ0n) is 13.7. The molecule has 0 heterocycles. The highest BCUT2D eigenvalue weighted by molar-refractivity contribution is 5.95. The number of anilines is 2. The van der Waals surface area contributed by atoms with Crippen LogP contribution in [0, 0.1) is 28.8 Å². The molecule has 0 radical (unpaired) electrons. The van der Waals surface area contributed by atoms with Crippen LogP contribution in [0.5, 0.6) is 0 Å². The SMILES string of the molecule is CC(=O)N(CCC(=O)Nc1cccc(C#N)c1)c1ccc(F)c(F)c1F. The van der Waals surface area contributed by atoms with Gasteiger partial charge in [0, 0.05) is 25.6 Å². The van der Waals surface area contributed by atoms with Crippen molar-refractivity contribution in [3.63, 3.8) is 0 Å². The minimum Gasteiger partial charge on any atom is -0.326 e. The van der Waals surface area contributed by atoms with Crippen molar-refractivity contribution in [2.24, 2.45) is 0 Å². The highest BCUT2D eigenvalue weighted by Gasteiger charge is 2.21. The monoisotopic (exact) mass is 361 g/mol. The third-order valence-electron chi connectivity index (χ3n) is 3.52. The van der Waals surface area contributed by atoms with Gasteiger partial charge < -0.3 is 10.2 Å². The number of benzene rings is 2. The summed E-state index contributed by atoms with van der Waals surface area (Å²) >= 11 is 0. The molecular weight excluding hydrogens is 347 g/mol. The van der Waals surface area contributed by atoms with Gasteiger partial charge >= 0.3 is 0 Å². The first-order valence-electron chi connectivity index (χ1n) is 7.55. The van der Waals surface area contributed by atoms with Gasteiger partial charge in [0.2, 0.25) is 11.8 Å². The van der Waals surface area contributed by atoms with E-state index >= 15 is 0 Å². The van der Waals surface area contributed by atoms with Gasteiger partial charge in [0.25, 0.3) is 0 Å². The lowest BCUT2D eigenvalue weighted by molar-refractivity contribution is -0.117. The summed E-state index contributed by atoms with van der Waals surface area (Å²) in [6, 6.07) is 9.78. The van der Waals surface area contributed by atoms with Crippen LogP contribution in [0.1, 0.15) is 18.9 Å². The predicted molar refractivity (Wildman–Crippen MR) is 88.7 cm³/mol. The van der Waals surface area contributed by atoms with Crippen LogP contribution in [-0.4, -0.2) is 18.4 Å². The van der Waals surface area contributed by atoms with Crippen molar-refractivity contribution in [3.8, 4) is 6.07 Å². The van der Waals surface area contributed by atoms with E-state index in [0.717, 1.165) is 17.9 Å². The highest BCUT2D eigenvalue weighted by atomic mass is 19.2. The zero-order valence-corrected chi connectivity index (χ0v) is 13.7. The molecule has 0 spiro atoms. The minimum absolute atomic E-state index is 0.213. The molecule has 0 fully saturated rings. The van der Waals surface area contributed by atoms with Gasteiger partial charge in [-0.25, -0.2) is 13.2 Å². The van der Waals surface area contributed by atoms with E-state index < -0.39 is 35.0 Å². The molecule has 2 aromatic carbocycles. The summed E-state index contributed by atoms with van der Waals surface area (Å²) < 4.78 is 40.3. The van der Waals surface area contributed by atoms with Crippen molar-refractivity contribution in [2.75, 3.05) is 16.8 Å². The van der Waals surface area contributed by atoms with Gasteiger partial charge in [-0.15, -0.1) is 0 Å². The summed E-state index contributed by atoms with van der Waals surface area (Å²) in [6.45, 7) is 0.885. The Kier molecular flexibility index (Phi) is 5.96. The number of hydrogen-bond acceptors (Lipinski definition) is 3. The number of carbonyl (C=O) groups excluding carboxylic acids is 2. The average Bonchev–Trinajstić information content (AvgIpc) is 2.61. The number of carbonyl (C=O) groups is 2. The fourth-order valence-electron chi connectivity index (χ4n) is 2.28. The molecule has 0 aliphatic carbocycles. The molecule has 5 nitrogen and oxygen atoms in total. The van der Waals surface area contributed by atoms with Crippen LogP contribution < -0.4 is 10.2 Å². The van der Waals surface area contributed by atoms with Crippen LogP contribution in [0.25, 0.3) is 0 Å². The van der Waals surface area contributed by atoms with Gasteiger partial charge in [-0.1, -0.05) is 6.07 Å². The zero-order chi connectivity index (χ0) is 19.3. The van der Waals surface area contributed by atoms with Crippen molar-refractivity contribution < 1.29 is 22.8 Å². The Bertz CT molecular complexity index is 894. The summed E-state index contributed by atoms with van der Waals surface area (Å²) in [6.07, 6.45) is -0.213. The number of hydrogen-bond donors (Lipinski definition) is 1. The first-order chi connectivity index (χ1) is 12.3. The topological polar surface area (TPSA) is 73.2 Å². The van der Waals surface area contributed by atoms with Crippen molar-refractivity contribution in [1.29, 1.82) is 5.26 Å². The van der Waals surface area contributed by atoms with Gasteiger partial charge in [-0.2, -0.15) is 5.26 Å². The maximum atomic E-state index is 13.9. The Morgan fingerprint density at radius 2 is 1.88 bits per heavy atom. The van der Waals surface area contributed by atoms with Gasteiger partial charge in [0.1, 0.15) is 0 Å². The third-order valence-corrected chi connectivity index (χ3v) is 3.52. The minimum atomic E-state index is -1.69. The number of rotatable bonds is 5. The van der Waals surface area contributed by atoms with E-state index in [2.05, 4.69) is 5.32 Å². The van der Waals surface area contributed by atoms with E-state index in [1.807, 2.05) is 6.07 Å². The van der Waals surface area contributed by atoms with Gasteiger partial charge in [-0.3, -0.25) is 9.59 Å². The molecule has 0 saturated carbocycles. The van der Waals surface area contributed by atoms with Crippen molar-refractivity contribution in [1.82, 2.24) is 0 Å². The van der Waals surface area contributed by atoms with E-state index in [0.29, 0.717) is 17.3 Å². The van der Waals surface area contributed by atoms with Crippen molar-refractivity contribution in [3.05, 3.63) is 59.4 Å². The Labute approximate surface area is 147 Å². The second kappa shape index (κ2) is 8.16. The predicted octanol–water partition coefficient (Wildman–Crippen LogP) is 3.36. The Balaban J connectivity index is 2.09. The van der Waals surface area contributed by atoms with Crippen LogP contribution in [0.4, 0.5) is 24.5 Å². The Morgan fingerprint density at radius 3 is 2.54 bits per heavy atom. The third kappa shape index (κ3) is 4.39. The maximum Gasteiger partial charge on any atom is 0.226 e. The quantitative estimate of drug-likeness (QED) is 0.830. The standard InChI is InChI=1S/C18H14F3N3O2/c1-11(25)24(15-6-5-14(19)17(20)18(15)21)8-7-16(26)23-13-4-2-3-12(9-13)10-22/h2-6,9H,7-8H2,1H3,(H,23,26). The Hall–Kier alpha value is -3.34. The largest absolute Gasteiger partial charge is 0.326 e. The van der Waals surface area contributed by atoms with E-state index in [9.17, 15) is 22.8 Å². The molecule has 0 aliphatic heterocycles. The number of nitrogens with one attached hydrogen (secondary N) is 1. The molecule has 2 aromatic rings. The number of nitrogens with zero attached hydrogens (tertiary/aromatic N) is 2. The molecular formula is C18H14F3N3O2. The maximum absolute atomic E-state index is 13.9. The molecule has 2 amide bonds. The first kappa shape index (κ1) is 19.0. The van der Waals surface area contributed by atoms with Gasteiger partial charge in [0.15, 0.2) is 17.5 Å². The molecule has 0 aliphatic rings. The van der Waals surface area contributed by atoms with Gasteiger partial charge in [0.05, 0.1) is 17.3 Å². The van der Waals surface area contributed by atoms with Crippen LogP contribution in [-0.2, 0) is 9.59 Å². The van der Waals surface area contributed by atoms with E-state index in [-0.39, 0.29) is 13.0 Å². The summed E-state index contributed by atoms with van der Waals surface area (Å²) in [4.78, 5) is 24.6. The van der Waals surface area contributed by atoms with Gasteiger partial charge in [-0.05, 0) is 30.3 Å². The van der Waals surface area contributed by atoms with E-state index in [4.69, 9.17) is 5.26 Å². The number of nitriles is 1. The summed E-state index contributed by atoms with van der Waals surface area (Å²) in [5.74, 6) is -5.68. The van der Waals surface area contributed by atoms with Crippen molar-refractivity contribution in [2.45, 2.75) is 13.3 Å². The van der Waals surface area contributed by atoms with E-state index in [1.165, 1.54) is 6.07 Å². The van der Waals surface area contributed by atoms with Crippen LogP contribution in [0.15, 0.2) is 36.4 Å². The summed E-state index contributed by atoms with van der Waals surface area (Å²) in [5.41, 5.74) is 0.301. The molecule has 0 saturated heterocycles. The molecule has 1 N–H and O–H groups in total. The number of amides is 2. The lowest BCUT2D eigenvalue weighted by atomic mass is 10.2. The smallest absolute Gasteiger partial charge is 0.226 e.